The summed E-state index contributed by atoms with van der Waals surface area (Å²) >= 11 is 0. The van der Waals surface area contributed by atoms with Crippen LogP contribution in [-0.2, 0) is 4.74 Å². The third kappa shape index (κ3) is 3.25. The Morgan fingerprint density at radius 1 is 1.27 bits per heavy atom. The van der Waals surface area contributed by atoms with E-state index in [-0.39, 0.29) is 53.6 Å². The molecule has 1 aliphatic carbocycles. The minimum atomic E-state index is -2.98. The number of nitrogens with two attached hydrogens (primary N) is 1. The van der Waals surface area contributed by atoms with Crippen molar-refractivity contribution >= 4 is 16.6 Å². The molecule has 2 atom stereocenters. The quantitative estimate of drug-likeness (QED) is 0.723. The number of aromatic amines is 1. The van der Waals surface area contributed by atoms with E-state index in [1.807, 2.05) is 0 Å². The smallest absolute Gasteiger partial charge is 0.345 e. The molecule has 1 aromatic heterocycles. The summed E-state index contributed by atoms with van der Waals surface area (Å²) in [5.74, 6) is -1.13. The van der Waals surface area contributed by atoms with Crippen LogP contribution in [0.5, 0.6) is 5.75 Å². The van der Waals surface area contributed by atoms with E-state index in [1.165, 1.54) is 23.5 Å². The van der Waals surface area contributed by atoms with Crippen LogP contribution < -0.4 is 26.6 Å². The standard InChI is InChI=1S/C19H23F3N4O4/c1-8-12-14(26(10-3-4-10)19(28)24-17(12)27)16(29-2)15(13(8)20)25-6-9(5-23)11(7-25)30-18(21)22/h9-11,18H,3-7,23H2,1-2H3,(H,24,27,28). The van der Waals surface area contributed by atoms with Gasteiger partial charge >= 0.3 is 12.3 Å². The molecule has 1 aliphatic heterocycles. The number of benzene rings is 1. The summed E-state index contributed by atoms with van der Waals surface area (Å²) in [6.45, 7) is -1.31. The number of rotatable bonds is 6. The highest BCUT2D eigenvalue weighted by Gasteiger charge is 2.39. The van der Waals surface area contributed by atoms with Crippen molar-refractivity contribution in [2.75, 3.05) is 31.6 Å². The third-order valence-corrected chi connectivity index (χ3v) is 5.88. The van der Waals surface area contributed by atoms with Crippen LogP contribution >= 0.6 is 0 Å². The molecule has 1 saturated heterocycles. The first-order valence-corrected chi connectivity index (χ1v) is 9.71. The molecular weight excluding hydrogens is 405 g/mol. The molecule has 1 saturated carbocycles. The monoisotopic (exact) mass is 428 g/mol. The maximum atomic E-state index is 15.5. The number of aryl methyl sites for hydroxylation is 1. The van der Waals surface area contributed by atoms with Crippen molar-refractivity contribution in [1.82, 2.24) is 9.55 Å². The van der Waals surface area contributed by atoms with E-state index < -0.39 is 35.7 Å². The number of methoxy groups -OCH3 is 1. The molecule has 4 rings (SSSR count). The third-order valence-electron chi connectivity index (χ3n) is 5.88. The largest absolute Gasteiger partial charge is 0.492 e. The summed E-state index contributed by atoms with van der Waals surface area (Å²) in [5, 5.41) is 0.0366. The molecule has 0 radical (unpaired) electrons. The van der Waals surface area contributed by atoms with E-state index in [9.17, 15) is 18.4 Å². The molecule has 2 aromatic rings. The van der Waals surface area contributed by atoms with Gasteiger partial charge in [-0.2, -0.15) is 8.78 Å². The number of halogens is 3. The second-order valence-corrected chi connectivity index (χ2v) is 7.74. The molecule has 3 N–H and O–H groups in total. The van der Waals surface area contributed by atoms with Crippen LogP contribution in [0.3, 0.4) is 0 Å². The molecule has 1 aromatic carbocycles. The molecule has 0 bridgehead atoms. The normalized spacial score (nSPS) is 21.8. The number of alkyl halides is 2. The van der Waals surface area contributed by atoms with Crippen molar-refractivity contribution in [3.05, 3.63) is 32.2 Å². The Balaban J connectivity index is 1.95. The molecular formula is C19H23F3N4O4. The van der Waals surface area contributed by atoms with Gasteiger partial charge < -0.3 is 20.1 Å². The number of aromatic nitrogens is 2. The SMILES string of the molecule is COc1c(N2CC(CN)C(OC(F)F)C2)c(F)c(C)c2c(=O)[nH]c(=O)n(C3CC3)c12. The van der Waals surface area contributed by atoms with E-state index >= 15 is 4.39 Å². The first kappa shape index (κ1) is 20.7. The highest BCUT2D eigenvalue weighted by Crippen LogP contribution is 2.45. The lowest BCUT2D eigenvalue weighted by atomic mass is 10.1. The zero-order valence-corrected chi connectivity index (χ0v) is 16.6. The lowest BCUT2D eigenvalue weighted by Gasteiger charge is -2.25. The Morgan fingerprint density at radius 3 is 2.53 bits per heavy atom. The molecule has 164 valence electrons. The van der Waals surface area contributed by atoms with Crippen molar-refractivity contribution in [1.29, 1.82) is 0 Å². The first-order valence-electron chi connectivity index (χ1n) is 9.71. The fourth-order valence-electron chi connectivity index (χ4n) is 4.31. The fourth-order valence-corrected chi connectivity index (χ4v) is 4.31. The van der Waals surface area contributed by atoms with Crippen molar-refractivity contribution in [3.8, 4) is 5.75 Å². The number of nitrogens with zero attached hydrogens (tertiary/aromatic N) is 2. The van der Waals surface area contributed by atoms with Crippen LogP contribution in [0.2, 0.25) is 0 Å². The lowest BCUT2D eigenvalue weighted by Crippen LogP contribution is -2.32. The van der Waals surface area contributed by atoms with Crippen LogP contribution in [0, 0.1) is 18.7 Å². The molecule has 2 fully saturated rings. The van der Waals surface area contributed by atoms with Crippen molar-refractivity contribution in [2.45, 2.75) is 38.5 Å². The van der Waals surface area contributed by atoms with Crippen LogP contribution in [0.25, 0.3) is 10.9 Å². The summed E-state index contributed by atoms with van der Waals surface area (Å²) < 4.78 is 52.7. The van der Waals surface area contributed by atoms with Crippen molar-refractivity contribution in [2.24, 2.45) is 11.7 Å². The Kier molecular flexibility index (Phi) is 5.27. The molecule has 0 amide bonds. The number of fused-ring (bicyclic) bond motifs is 1. The number of hydrogen-bond donors (Lipinski definition) is 2. The highest BCUT2D eigenvalue weighted by molar-refractivity contribution is 5.93. The second-order valence-electron chi connectivity index (χ2n) is 7.74. The summed E-state index contributed by atoms with van der Waals surface area (Å²) in [5.41, 5.74) is 4.70. The van der Waals surface area contributed by atoms with Gasteiger partial charge in [0.25, 0.3) is 5.56 Å². The minimum Gasteiger partial charge on any atom is -0.492 e. The average Bonchev–Trinajstić information content (AvgIpc) is 3.44. The Hall–Kier alpha value is -2.53. The van der Waals surface area contributed by atoms with Gasteiger partial charge in [0.05, 0.1) is 18.6 Å². The van der Waals surface area contributed by atoms with Gasteiger partial charge in [-0.25, -0.2) is 9.18 Å². The number of hydrogen-bond acceptors (Lipinski definition) is 6. The molecule has 8 nitrogen and oxygen atoms in total. The van der Waals surface area contributed by atoms with E-state index in [0.717, 1.165) is 12.8 Å². The molecule has 0 spiro atoms. The fraction of sp³-hybridized carbons (Fsp3) is 0.579. The summed E-state index contributed by atoms with van der Waals surface area (Å²) in [4.78, 5) is 28.8. The van der Waals surface area contributed by atoms with Gasteiger partial charge in [-0.15, -0.1) is 0 Å². The number of nitrogens with one attached hydrogen (secondary N) is 1. The van der Waals surface area contributed by atoms with Crippen LogP contribution in [0.1, 0.15) is 24.4 Å². The summed E-state index contributed by atoms with van der Waals surface area (Å²) in [6.07, 6.45) is 0.609. The van der Waals surface area contributed by atoms with Gasteiger partial charge in [0.2, 0.25) is 0 Å². The zero-order chi connectivity index (χ0) is 21.7. The first-order chi connectivity index (χ1) is 14.3. The number of ether oxygens (including phenoxy) is 2. The van der Waals surface area contributed by atoms with Crippen molar-refractivity contribution in [3.63, 3.8) is 0 Å². The van der Waals surface area contributed by atoms with Crippen LogP contribution in [0.4, 0.5) is 18.9 Å². The van der Waals surface area contributed by atoms with Crippen LogP contribution in [-0.4, -0.2) is 49.0 Å². The second kappa shape index (κ2) is 7.62. The topological polar surface area (TPSA) is 103 Å². The number of H-pyrrole nitrogens is 1. The lowest BCUT2D eigenvalue weighted by molar-refractivity contribution is -0.165. The Labute approximate surface area is 169 Å². The Morgan fingerprint density at radius 2 is 1.97 bits per heavy atom. The van der Waals surface area contributed by atoms with Gasteiger partial charge in [-0.3, -0.25) is 14.3 Å². The molecule has 2 aliphatic rings. The molecule has 30 heavy (non-hydrogen) atoms. The molecule has 11 heteroatoms. The van der Waals surface area contributed by atoms with E-state index in [1.54, 1.807) is 0 Å². The minimum absolute atomic E-state index is 0.0146. The molecule has 2 unspecified atom stereocenters. The van der Waals surface area contributed by atoms with Gasteiger partial charge in [0, 0.05) is 30.6 Å². The van der Waals surface area contributed by atoms with Gasteiger partial charge in [-0.05, 0) is 26.3 Å². The maximum absolute atomic E-state index is 15.5. The van der Waals surface area contributed by atoms with Crippen LogP contribution in [0.15, 0.2) is 9.59 Å². The average molecular weight is 428 g/mol. The zero-order valence-electron chi connectivity index (χ0n) is 16.6. The summed E-state index contributed by atoms with van der Waals surface area (Å²) in [6, 6.07) is -0.117. The van der Waals surface area contributed by atoms with Crippen molar-refractivity contribution < 1.29 is 22.6 Å². The maximum Gasteiger partial charge on any atom is 0.345 e. The van der Waals surface area contributed by atoms with E-state index in [4.69, 9.17) is 10.5 Å². The predicted molar refractivity (Wildman–Crippen MR) is 104 cm³/mol. The summed E-state index contributed by atoms with van der Waals surface area (Å²) in [7, 11) is 1.32. The predicted octanol–water partition coefficient (Wildman–Crippen LogP) is 1.48. The van der Waals surface area contributed by atoms with Gasteiger partial charge in [0.1, 0.15) is 11.2 Å². The van der Waals surface area contributed by atoms with Gasteiger partial charge in [-0.1, -0.05) is 0 Å². The number of anilines is 1. The Bertz CT molecular complexity index is 1100. The van der Waals surface area contributed by atoms with Gasteiger partial charge in [0.15, 0.2) is 11.6 Å². The highest BCUT2D eigenvalue weighted by atomic mass is 19.3. The molecule has 2 heterocycles. The van der Waals surface area contributed by atoms with E-state index in [0.29, 0.717) is 0 Å². The van der Waals surface area contributed by atoms with E-state index in [2.05, 4.69) is 9.72 Å².